The van der Waals surface area contributed by atoms with E-state index >= 15 is 0 Å². The first-order chi connectivity index (χ1) is 9.13. The van der Waals surface area contributed by atoms with Crippen LogP contribution in [0, 0.1) is 11.8 Å². The Kier molecular flexibility index (Phi) is 6.41. The Labute approximate surface area is 119 Å². The maximum Gasteiger partial charge on any atom is 0.253 e. The molecule has 0 aromatic heterocycles. The van der Waals surface area contributed by atoms with Crippen molar-refractivity contribution in [3.63, 3.8) is 0 Å². The van der Waals surface area contributed by atoms with Crippen molar-refractivity contribution in [2.75, 3.05) is 19.6 Å². The molecule has 0 saturated carbocycles. The van der Waals surface area contributed by atoms with E-state index in [1.54, 1.807) is 23.1 Å². The van der Waals surface area contributed by atoms with Gasteiger partial charge in [0.2, 0.25) is 0 Å². The molecule has 0 aliphatic carbocycles. The van der Waals surface area contributed by atoms with Crippen LogP contribution in [0.4, 0.5) is 0 Å². The second-order valence-corrected chi connectivity index (χ2v) is 4.49. The van der Waals surface area contributed by atoms with Crippen LogP contribution in [0.5, 0.6) is 0 Å². The smallest absolute Gasteiger partial charge is 0.253 e. The molecule has 0 spiro atoms. The molecule has 0 unspecified atom stereocenters. The van der Waals surface area contributed by atoms with E-state index < -0.39 is 0 Å². The van der Waals surface area contributed by atoms with Crippen molar-refractivity contribution in [3.8, 4) is 11.8 Å². The van der Waals surface area contributed by atoms with E-state index in [0.29, 0.717) is 22.7 Å². The normalized spacial score (nSPS) is 9.68. The van der Waals surface area contributed by atoms with Crippen molar-refractivity contribution in [1.29, 1.82) is 0 Å². The molecule has 19 heavy (non-hydrogen) atoms. The second-order valence-electron chi connectivity index (χ2n) is 4.09. The average molecular weight is 279 g/mol. The van der Waals surface area contributed by atoms with Crippen molar-refractivity contribution >= 4 is 17.5 Å². The number of hydrogen-bond acceptors (Lipinski definition) is 2. The fourth-order valence-corrected chi connectivity index (χ4v) is 1.98. The predicted molar refractivity (Wildman–Crippen MR) is 79.3 cm³/mol. The topological polar surface area (TPSA) is 46.3 Å². The molecular weight excluding hydrogens is 260 g/mol. The van der Waals surface area contributed by atoms with Crippen molar-refractivity contribution in [2.24, 2.45) is 5.73 Å². The van der Waals surface area contributed by atoms with Crippen LogP contribution >= 0.6 is 11.6 Å². The third kappa shape index (κ3) is 4.27. The Morgan fingerprint density at radius 2 is 2.16 bits per heavy atom. The molecule has 0 fully saturated rings. The number of nitrogens with two attached hydrogens (primary N) is 1. The molecule has 1 aromatic carbocycles. The summed E-state index contributed by atoms with van der Waals surface area (Å²) in [6.45, 7) is 5.75. The van der Waals surface area contributed by atoms with Crippen LogP contribution < -0.4 is 5.73 Å². The van der Waals surface area contributed by atoms with Gasteiger partial charge in [0.25, 0.3) is 5.91 Å². The highest BCUT2D eigenvalue weighted by atomic mass is 35.5. The summed E-state index contributed by atoms with van der Waals surface area (Å²) in [5.74, 6) is 5.63. The fraction of sp³-hybridized carbons (Fsp3) is 0.400. The van der Waals surface area contributed by atoms with Crippen LogP contribution in [0.1, 0.15) is 36.2 Å². The van der Waals surface area contributed by atoms with E-state index in [0.717, 1.165) is 13.0 Å². The van der Waals surface area contributed by atoms with Crippen LogP contribution in [-0.4, -0.2) is 30.4 Å². The van der Waals surface area contributed by atoms with Gasteiger partial charge in [-0.2, -0.15) is 0 Å². The van der Waals surface area contributed by atoms with E-state index in [9.17, 15) is 4.79 Å². The maximum absolute atomic E-state index is 12.3. The number of carbonyl (C=O) groups is 1. The number of amides is 1. The minimum absolute atomic E-state index is 0.00424. The molecule has 0 saturated heterocycles. The summed E-state index contributed by atoms with van der Waals surface area (Å²) in [6, 6.07) is 5.19. The van der Waals surface area contributed by atoms with Crippen LogP contribution in [0.2, 0.25) is 5.02 Å². The summed E-state index contributed by atoms with van der Waals surface area (Å²) < 4.78 is 0. The molecule has 0 aliphatic rings. The van der Waals surface area contributed by atoms with Gasteiger partial charge >= 0.3 is 0 Å². The molecule has 1 amide bonds. The zero-order valence-corrected chi connectivity index (χ0v) is 12.1. The minimum atomic E-state index is 0.00424. The quantitative estimate of drug-likeness (QED) is 0.861. The summed E-state index contributed by atoms with van der Waals surface area (Å²) in [6.07, 6.45) is 0.938. The molecular formula is C15H19ClN2O. The van der Waals surface area contributed by atoms with Crippen LogP contribution in [0.3, 0.4) is 0 Å². The van der Waals surface area contributed by atoms with E-state index in [-0.39, 0.29) is 12.5 Å². The number of carbonyl (C=O) groups excluding carboxylic acids is 1. The summed E-state index contributed by atoms with van der Waals surface area (Å²) in [4.78, 5) is 14.1. The lowest BCUT2D eigenvalue weighted by Crippen LogP contribution is -2.31. The molecule has 1 rings (SSSR count). The molecule has 3 nitrogen and oxygen atoms in total. The monoisotopic (exact) mass is 278 g/mol. The van der Waals surface area contributed by atoms with E-state index in [1.807, 2.05) is 6.92 Å². The van der Waals surface area contributed by atoms with Crippen molar-refractivity contribution in [1.82, 2.24) is 4.90 Å². The van der Waals surface area contributed by atoms with E-state index in [4.69, 9.17) is 17.3 Å². The van der Waals surface area contributed by atoms with Gasteiger partial charge in [-0.1, -0.05) is 30.4 Å². The molecule has 0 bridgehead atoms. The SMILES string of the molecule is CCCN(CC)C(=O)c1ccc(C#CCN)c(Cl)c1. The third-order valence-corrected chi connectivity index (χ3v) is 3.02. The first-order valence-electron chi connectivity index (χ1n) is 6.41. The van der Waals surface area contributed by atoms with Crippen molar-refractivity contribution in [3.05, 3.63) is 34.3 Å². The van der Waals surface area contributed by atoms with Crippen molar-refractivity contribution in [2.45, 2.75) is 20.3 Å². The lowest BCUT2D eigenvalue weighted by atomic mass is 10.1. The molecule has 1 aromatic rings. The molecule has 0 atom stereocenters. The van der Waals surface area contributed by atoms with Gasteiger partial charge in [0, 0.05) is 24.2 Å². The molecule has 0 radical (unpaired) electrons. The maximum atomic E-state index is 12.3. The highest BCUT2D eigenvalue weighted by Crippen LogP contribution is 2.18. The number of hydrogen-bond donors (Lipinski definition) is 1. The largest absolute Gasteiger partial charge is 0.339 e. The Hall–Kier alpha value is -1.50. The Balaban J connectivity index is 2.96. The molecule has 0 heterocycles. The van der Waals surface area contributed by atoms with Crippen molar-refractivity contribution < 1.29 is 4.79 Å². The van der Waals surface area contributed by atoms with Crippen LogP contribution in [-0.2, 0) is 0 Å². The summed E-state index contributed by atoms with van der Waals surface area (Å²) in [5, 5.41) is 0.486. The fourth-order valence-electron chi connectivity index (χ4n) is 1.75. The standard InChI is InChI=1S/C15H19ClN2O/c1-3-10-18(4-2)15(19)13-8-7-12(6-5-9-17)14(16)11-13/h7-8,11H,3-4,9-10,17H2,1-2H3. The first kappa shape index (κ1) is 15.6. The number of halogens is 1. The van der Waals surface area contributed by atoms with Crippen LogP contribution in [0.25, 0.3) is 0 Å². The van der Waals surface area contributed by atoms with Gasteiger partial charge < -0.3 is 10.6 Å². The second kappa shape index (κ2) is 7.83. The number of nitrogens with zero attached hydrogens (tertiary/aromatic N) is 1. The number of benzene rings is 1. The van der Waals surface area contributed by atoms with Gasteiger partial charge in [-0.3, -0.25) is 4.79 Å². The van der Waals surface area contributed by atoms with Gasteiger partial charge in [-0.25, -0.2) is 0 Å². The Bertz CT molecular complexity index is 503. The third-order valence-electron chi connectivity index (χ3n) is 2.70. The first-order valence-corrected chi connectivity index (χ1v) is 6.79. The highest BCUT2D eigenvalue weighted by Gasteiger charge is 2.14. The van der Waals surface area contributed by atoms with Crippen LogP contribution in [0.15, 0.2) is 18.2 Å². The van der Waals surface area contributed by atoms with Gasteiger partial charge in [-0.05, 0) is 31.5 Å². The van der Waals surface area contributed by atoms with E-state index in [2.05, 4.69) is 18.8 Å². The lowest BCUT2D eigenvalue weighted by Gasteiger charge is -2.20. The number of rotatable bonds is 4. The Morgan fingerprint density at radius 3 is 2.68 bits per heavy atom. The molecule has 102 valence electrons. The zero-order valence-electron chi connectivity index (χ0n) is 11.4. The van der Waals surface area contributed by atoms with Gasteiger partial charge in [-0.15, -0.1) is 0 Å². The lowest BCUT2D eigenvalue weighted by molar-refractivity contribution is 0.0764. The minimum Gasteiger partial charge on any atom is -0.339 e. The summed E-state index contributed by atoms with van der Waals surface area (Å²) in [7, 11) is 0. The molecule has 2 N–H and O–H groups in total. The Morgan fingerprint density at radius 1 is 1.42 bits per heavy atom. The molecule has 4 heteroatoms. The average Bonchev–Trinajstić information content (AvgIpc) is 2.42. The summed E-state index contributed by atoms with van der Waals surface area (Å²) >= 11 is 6.12. The predicted octanol–water partition coefficient (Wildman–Crippen LogP) is 2.52. The van der Waals surface area contributed by atoms with E-state index in [1.165, 1.54) is 0 Å². The highest BCUT2D eigenvalue weighted by molar-refractivity contribution is 6.32. The zero-order chi connectivity index (χ0) is 14.3. The van der Waals surface area contributed by atoms with Gasteiger partial charge in [0.15, 0.2) is 0 Å². The summed E-state index contributed by atoms with van der Waals surface area (Å²) in [5.41, 5.74) is 6.61. The van der Waals surface area contributed by atoms with Gasteiger partial charge in [0.05, 0.1) is 11.6 Å². The van der Waals surface area contributed by atoms with Gasteiger partial charge in [0.1, 0.15) is 0 Å². The molecule has 0 aliphatic heterocycles.